The number of aryl methyl sites for hydroxylation is 2. The van der Waals surface area contributed by atoms with Gasteiger partial charge in [0.25, 0.3) is 5.91 Å². The minimum Gasteiger partial charge on any atom is -0.497 e. The predicted octanol–water partition coefficient (Wildman–Crippen LogP) is 3.76. The third-order valence-corrected chi connectivity index (χ3v) is 4.70. The molecule has 1 aromatic carbocycles. The van der Waals surface area contributed by atoms with Crippen molar-refractivity contribution in [1.29, 1.82) is 0 Å². The van der Waals surface area contributed by atoms with Crippen LogP contribution in [0.25, 0.3) is 0 Å². The molecule has 0 spiro atoms. The maximum absolute atomic E-state index is 12.6. The molecule has 0 atom stereocenters. The Labute approximate surface area is 155 Å². The molecule has 0 radical (unpaired) electrons. The first-order valence-electron chi connectivity index (χ1n) is 8.00. The molecule has 3 aromatic rings. The van der Waals surface area contributed by atoms with Crippen LogP contribution in [-0.2, 0) is 6.54 Å². The van der Waals surface area contributed by atoms with E-state index < -0.39 is 0 Å². The highest BCUT2D eigenvalue weighted by Crippen LogP contribution is 2.23. The fourth-order valence-electron chi connectivity index (χ4n) is 2.60. The molecule has 7 nitrogen and oxygen atoms in total. The van der Waals surface area contributed by atoms with Crippen LogP contribution >= 0.6 is 11.6 Å². The lowest BCUT2D eigenvalue weighted by molar-refractivity contribution is 0.101. The normalized spacial score (nSPS) is 10.8. The number of hydrogen-bond acceptors (Lipinski definition) is 5. The van der Waals surface area contributed by atoms with Gasteiger partial charge >= 0.3 is 0 Å². The second-order valence-electron chi connectivity index (χ2n) is 5.89. The number of halogens is 1. The summed E-state index contributed by atoms with van der Waals surface area (Å²) in [4.78, 5) is 12.6. The summed E-state index contributed by atoms with van der Waals surface area (Å²) in [5, 5.41) is 11.7. The molecule has 2 heterocycles. The van der Waals surface area contributed by atoms with E-state index in [1.54, 1.807) is 43.0 Å². The minimum absolute atomic E-state index is 0.224. The molecule has 8 heteroatoms. The summed E-state index contributed by atoms with van der Waals surface area (Å²) in [7, 11) is 1.59. The smallest absolute Gasteiger partial charge is 0.278 e. The van der Waals surface area contributed by atoms with E-state index >= 15 is 0 Å². The Bertz CT molecular complexity index is 944. The molecule has 0 saturated heterocycles. The van der Waals surface area contributed by atoms with Crippen molar-refractivity contribution in [2.75, 3.05) is 12.4 Å². The molecule has 0 unspecified atom stereocenters. The molecule has 1 N–H and O–H groups in total. The van der Waals surface area contributed by atoms with E-state index in [2.05, 4.69) is 15.6 Å². The molecule has 0 fully saturated rings. The summed E-state index contributed by atoms with van der Waals surface area (Å²) in [5.41, 5.74) is 3.09. The van der Waals surface area contributed by atoms with E-state index in [1.807, 2.05) is 13.8 Å². The van der Waals surface area contributed by atoms with Gasteiger partial charge in [-0.3, -0.25) is 9.48 Å². The Morgan fingerprint density at radius 1 is 1.27 bits per heavy atom. The molecule has 0 saturated carbocycles. The summed E-state index contributed by atoms with van der Waals surface area (Å²) >= 11 is 6.20. The summed E-state index contributed by atoms with van der Waals surface area (Å²) in [6, 6.07) is 7.04. The Morgan fingerprint density at radius 2 is 1.96 bits per heavy atom. The van der Waals surface area contributed by atoms with Gasteiger partial charge in [0.15, 0.2) is 5.69 Å². The molecule has 2 aromatic heterocycles. The van der Waals surface area contributed by atoms with Crippen LogP contribution in [0.5, 0.6) is 5.75 Å². The summed E-state index contributed by atoms with van der Waals surface area (Å²) in [5.74, 6) is 0.922. The fourth-order valence-corrected chi connectivity index (χ4v) is 2.73. The van der Waals surface area contributed by atoms with Gasteiger partial charge in [0.1, 0.15) is 11.5 Å². The Kier molecular flexibility index (Phi) is 4.99. The van der Waals surface area contributed by atoms with E-state index in [-0.39, 0.29) is 11.6 Å². The first kappa shape index (κ1) is 18.0. The highest BCUT2D eigenvalue weighted by molar-refractivity contribution is 6.31. The van der Waals surface area contributed by atoms with E-state index in [1.165, 1.54) is 0 Å². The van der Waals surface area contributed by atoms with Crippen LogP contribution < -0.4 is 10.1 Å². The van der Waals surface area contributed by atoms with Gasteiger partial charge in [-0.05, 0) is 45.0 Å². The number of nitrogens with one attached hydrogen (secondary N) is 1. The third kappa shape index (κ3) is 3.43. The second kappa shape index (κ2) is 7.21. The van der Waals surface area contributed by atoms with Crippen molar-refractivity contribution >= 4 is 23.2 Å². The molecule has 0 aliphatic rings. The molecular formula is C18H19ClN4O3. The number of anilines is 1. The maximum Gasteiger partial charge on any atom is 0.278 e. The zero-order chi connectivity index (χ0) is 18.8. The molecule has 136 valence electrons. The van der Waals surface area contributed by atoms with Crippen molar-refractivity contribution in [3.63, 3.8) is 0 Å². The largest absolute Gasteiger partial charge is 0.497 e. The number of carbonyl (C=O) groups is 1. The first-order valence-corrected chi connectivity index (χ1v) is 8.38. The van der Waals surface area contributed by atoms with Crippen molar-refractivity contribution in [1.82, 2.24) is 14.9 Å². The fraction of sp³-hybridized carbons (Fsp3) is 0.278. The average Bonchev–Trinajstić information content (AvgIpc) is 3.11. The van der Waals surface area contributed by atoms with Crippen LogP contribution in [0.3, 0.4) is 0 Å². The van der Waals surface area contributed by atoms with Crippen LogP contribution in [0, 0.1) is 20.8 Å². The summed E-state index contributed by atoms with van der Waals surface area (Å²) in [6.45, 7) is 5.83. The number of rotatable bonds is 5. The van der Waals surface area contributed by atoms with Crippen molar-refractivity contribution in [3.8, 4) is 5.75 Å². The van der Waals surface area contributed by atoms with Crippen LogP contribution in [0.2, 0.25) is 5.02 Å². The van der Waals surface area contributed by atoms with Gasteiger partial charge in [-0.25, -0.2) is 0 Å². The van der Waals surface area contributed by atoms with Crippen LogP contribution in [0.15, 0.2) is 28.8 Å². The molecular weight excluding hydrogens is 356 g/mol. The van der Waals surface area contributed by atoms with Crippen LogP contribution in [0.4, 0.5) is 5.69 Å². The van der Waals surface area contributed by atoms with E-state index in [4.69, 9.17) is 20.9 Å². The van der Waals surface area contributed by atoms with Gasteiger partial charge in [-0.2, -0.15) is 5.10 Å². The van der Waals surface area contributed by atoms with Gasteiger partial charge < -0.3 is 14.6 Å². The Balaban J connectivity index is 1.84. The summed E-state index contributed by atoms with van der Waals surface area (Å²) < 4.78 is 12.1. The number of aromatic nitrogens is 3. The molecule has 3 rings (SSSR count). The number of hydrogen-bond donors (Lipinski definition) is 1. The predicted molar refractivity (Wildman–Crippen MR) is 98.0 cm³/mol. The average molecular weight is 375 g/mol. The summed E-state index contributed by atoms with van der Waals surface area (Å²) in [6.07, 6.45) is 0. The molecule has 0 aliphatic heterocycles. The Morgan fingerprint density at radius 3 is 2.54 bits per heavy atom. The van der Waals surface area contributed by atoms with Gasteiger partial charge in [0.2, 0.25) is 0 Å². The molecule has 26 heavy (non-hydrogen) atoms. The van der Waals surface area contributed by atoms with E-state index in [9.17, 15) is 4.79 Å². The van der Waals surface area contributed by atoms with Crippen LogP contribution in [-0.4, -0.2) is 28.0 Å². The SMILES string of the molecule is COc1ccc(NC(=O)c2noc(C)c2Cn2nc(C)c(Cl)c2C)cc1. The molecule has 0 bridgehead atoms. The van der Waals surface area contributed by atoms with Crippen molar-refractivity contribution in [3.05, 3.63) is 57.7 Å². The number of carbonyl (C=O) groups excluding carboxylic acids is 1. The number of amides is 1. The number of benzene rings is 1. The van der Waals surface area contributed by atoms with Crippen molar-refractivity contribution in [2.24, 2.45) is 0 Å². The lowest BCUT2D eigenvalue weighted by atomic mass is 10.1. The number of ether oxygens (including phenoxy) is 1. The quantitative estimate of drug-likeness (QED) is 0.735. The molecule has 1 amide bonds. The third-order valence-electron chi connectivity index (χ3n) is 4.15. The van der Waals surface area contributed by atoms with Crippen molar-refractivity contribution < 1.29 is 14.1 Å². The lowest BCUT2D eigenvalue weighted by Crippen LogP contribution is -2.16. The van der Waals surface area contributed by atoms with Gasteiger partial charge in [0.05, 0.1) is 30.1 Å². The maximum atomic E-state index is 12.6. The van der Waals surface area contributed by atoms with Crippen molar-refractivity contribution in [2.45, 2.75) is 27.3 Å². The number of nitrogens with zero attached hydrogens (tertiary/aromatic N) is 3. The number of methoxy groups -OCH3 is 1. The van der Waals surface area contributed by atoms with Gasteiger partial charge in [0, 0.05) is 11.3 Å². The first-order chi connectivity index (χ1) is 12.4. The standard InChI is InChI=1S/C18H19ClN4O3/c1-10-16(19)11(2)23(21-10)9-15-12(3)26-22-17(15)18(24)20-13-5-7-14(25-4)8-6-13/h5-8H,9H2,1-4H3,(H,20,24). The van der Waals surface area contributed by atoms with Gasteiger partial charge in [-0.15, -0.1) is 0 Å². The zero-order valence-corrected chi connectivity index (χ0v) is 15.7. The van der Waals surface area contributed by atoms with E-state index in [0.29, 0.717) is 34.3 Å². The van der Waals surface area contributed by atoms with E-state index in [0.717, 1.165) is 11.4 Å². The molecule has 0 aliphatic carbocycles. The van der Waals surface area contributed by atoms with Crippen LogP contribution in [0.1, 0.15) is 33.2 Å². The second-order valence-corrected chi connectivity index (χ2v) is 6.27. The topological polar surface area (TPSA) is 82.2 Å². The Hall–Kier alpha value is -2.80. The minimum atomic E-state index is -0.352. The highest BCUT2D eigenvalue weighted by Gasteiger charge is 2.22. The lowest BCUT2D eigenvalue weighted by Gasteiger charge is -2.07. The zero-order valence-electron chi connectivity index (χ0n) is 15.0. The van der Waals surface area contributed by atoms with Gasteiger partial charge in [-0.1, -0.05) is 16.8 Å². The monoisotopic (exact) mass is 374 g/mol. The highest BCUT2D eigenvalue weighted by atomic mass is 35.5.